The second-order valence-electron chi connectivity index (χ2n) is 6.66. The Labute approximate surface area is 116 Å². The standard InChI is InChI=1S/C14H27N5/c1-14(2,3)12-5-6-18(10-12)7-8-19-11-13(9-15-4)16-17-19/h11-12,15H,5-10H2,1-4H3. The number of hydrogen-bond acceptors (Lipinski definition) is 4. The van der Waals surface area contributed by atoms with E-state index in [0.29, 0.717) is 5.41 Å². The van der Waals surface area contributed by atoms with E-state index in [4.69, 9.17) is 0 Å². The normalized spacial score (nSPS) is 21.2. The number of nitrogens with zero attached hydrogens (tertiary/aromatic N) is 4. The molecule has 1 aliphatic heterocycles. The van der Waals surface area contributed by atoms with Crippen molar-refractivity contribution in [2.45, 2.75) is 40.3 Å². The number of rotatable bonds is 5. The molecular weight excluding hydrogens is 238 g/mol. The first kappa shape index (κ1) is 14.5. The molecule has 1 aromatic heterocycles. The van der Waals surface area contributed by atoms with Crippen molar-refractivity contribution in [3.8, 4) is 0 Å². The third-order valence-electron chi connectivity index (χ3n) is 4.09. The van der Waals surface area contributed by atoms with Gasteiger partial charge in [-0.2, -0.15) is 0 Å². The SMILES string of the molecule is CNCc1cn(CCN2CCC(C(C)(C)C)C2)nn1. The van der Waals surface area contributed by atoms with Crippen LogP contribution in [0.25, 0.3) is 0 Å². The maximum absolute atomic E-state index is 4.16. The van der Waals surface area contributed by atoms with Crippen molar-refractivity contribution in [3.05, 3.63) is 11.9 Å². The van der Waals surface area contributed by atoms with E-state index in [1.807, 2.05) is 17.9 Å². The Morgan fingerprint density at radius 1 is 1.37 bits per heavy atom. The van der Waals surface area contributed by atoms with Crippen molar-refractivity contribution in [1.29, 1.82) is 0 Å². The lowest BCUT2D eigenvalue weighted by atomic mass is 9.80. The van der Waals surface area contributed by atoms with E-state index in [-0.39, 0.29) is 0 Å². The van der Waals surface area contributed by atoms with E-state index in [2.05, 4.69) is 41.3 Å². The van der Waals surface area contributed by atoms with Gasteiger partial charge in [-0.05, 0) is 31.3 Å². The molecule has 1 aromatic rings. The molecule has 0 aromatic carbocycles. The summed E-state index contributed by atoms with van der Waals surface area (Å²) in [5.41, 5.74) is 1.44. The molecule has 5 nitrogen and oxygen atoms in total. The summed E-state index contributed by atoms with van der Waals surface area (Å²) in [6, 6.07) is 0. The van der Waals surface area contributed by atoms with Gasteiger partial charge in [-0.3, -0.25) is 4.68 Å². The van der Waals surface area contributed by atoms with Crippen LogP contribution < -0.4 is 5.32 Å². The molecule has 0 spiro atoms. The van der Waals surface area contributed by atoms with Crippen LogP contribution in [0, 0.1) is 11.3 Å². The third kappa shape index (κ3) is 4.01. The lowest BCUT2D eigenvalue weighted by Crippen LogP contribution is -2.28. The van der Waals surface area contributed by atoms with Crippen LogP contribution in [0.1, 0.15) is 32.9 Å². The molecule has 1 fully saturated rings. The summed E-state index contributed by atoms with van der Waals surface area (Å²) in [5.74, 6) is 0.822. The Bertz CT molecular complexity index is 393. The Kier molecular flexibility index (Phi) is 4.58. The molecule has 2 heterocycles. The zero-order chi connectivity index (χ0) is 13.9. The first-order chi connectivity index (χ1) is 8.99. The molecule has 1 saturated heterocycles. The topological polar surface area (TPSA) is 46.0 Å². The first-order valence-corrected chi connectivity index (χ1v) is 7.25. The summed E-state index contributed by atoms with van der Waals surface area (Å²) in [4.78, 5) is 2.55. The van der Waals surface area contributed by atoms with E-state index >= 15 is 0 Å². The number of likely N-dealkylation sites (tertiary alicyclic amines) is 1. The van der Waals surface area contributed by atoms with Gasteiger partial charge < -0.3 is 10.2 Å². The number of hydrogen-bond donors (Lipinski definition) is 1. The van der Waals surface area contributed by atoms with Crippen molar-refractivity contribution in [2.75, 3.05) is 26.7 Å². The Morgan fingerprint density at radius 3 is 2.79 bits per heavy atom. The minimum atomic E-state index is 0.433. The summed E-state index contributed by atoms with van der Waals surface area (Å²) in [7, 11) is 1.93. The average Bonchev–Trinajstić information content (AvgIpc) is 2.94. The monoisotopic (exact) mass is 265 g/mol. The molecule has 0 aliphatic carbocycles. The molecule has 0 saturated carbocycles. The van der Waals surface area contributed by atoms with Gasteiger partial charge in [-0.15, -0.1) is 5.10 Å². The highest BCUT2D eigenvalue weighted by Gasteiger charge is 2.31. The Hall–Kier alpha value is -0.940. The molecule has 0 amide bonds. The van der Waals surface area contributed by atoms with Crippen LogP contribution in [-0.4, -0.2) is 46.6 Å². The van der Waals surface area contributed by atoms with Gasteiger partial charge in [0, 0.05) is 25.8 Å². The fourth-order valence-corrected chi connectivity index (χ4v) is 2.70. The van der Waals surface area contributed by atoms with E-state index in [9.17, 15) is 0 Å². The third-order valence-corrected chi connectivity index (χ3v) is 4.09. The summed E-state index contributed by atoms with van der Waals surface area (Å²) >= 11 is 0. The van der Waals surface area contributed by atoms with Gasteiger partial charge in [0.25, 0.3) is 0 Å². The van der Waals surface area contributed by atoms with E-state index in [0.717, 1.165) is 31.2 Å². The minimum Gasteiger partial charge on any atom is -0.314 e. The molecule has 108 valence electrons. The summed E-state index contributed by atoms with van der Waals surface area (Å²) in [6.45, 7) is 12.3. The molecule has 19 heavy (non-hydrogen) atoms. The van der Waals surface area contributed by atoms with Crippen molar-refractivity contribution < 1.29 is 0 Å². The van der Waals surface area contributed by atoms with E-state index < -0.39 is 0 Å². The van der Waals surface area contributed by atoms with Gasteiger partial charge in [0.1, 0.15) is 0 Å². The summed E-state index contributed by atoms with van der Waals surface area (Å²) in [6.07, 6.45) is 3.36. The molecule has 2 rings (SSSR count). The van der Waals surface area contributed by atoms with Gasteiger partial charge in [0.15, 0.2) is 0 Å². The van der Waals surface area contributed by atoms with Crippen molar-refractivity contribution in [1.82, 2.24) is 25.2 Å². The van der Waals surface area contributed by atoms with Crippen LogP contribution in [0.4, 0.5) is 0 Å². The molecule has 1 N–H and O–H groups in total. The van der Waals surface area contributed by atoms with Gasteiger partial charge in [0.2, 0.25) is 0 Å². The van der Waals surface area contributed by atoms with Crippen LogP contribution >= 0.6 is 0 Å². The van der Waals surface area contributed by atoms with Gasteiger partial charge in [-0.25, -0.2) is 0 Å². The minimum absolute atomic E-state index is 0.433. The van der Waals surface area contributed by atoms with Crippen LogP contribution in [-0.2, 0) is 13.1 Å². The highest BCUT2D eigenvalue weighted by atomic mass is 15.4. The Morgan fingerprint density at radius 2 is 2.16 bits per heavy atom. The fraction of sp³-hybridized carbons (Fsp3) is 0.857. The highest BCUT2D eigenvalue weighted by Crippen LogP contribution is 2.33. The number of nitrogens with one attached hydrogen (secondary N) is 1. The van der Waals surface area contributed by atoms with E-state index in [1.54, 1.807) is 0 Å². The van der Waals surface area contributed by atoms with Crippen molar-refractivity contribution in [2.24, 2.45) is 11.3 Å². The maximum atomic E-state index is 4.16. The molecule has 1 aliphatic rings. The van der Waals surface area contributed by atoms with Crippen LogP contribution in [0.5, 0.6) is 0 Å². The largest absolute Gasteiger partial charge is 0.314 e. The number of aromatic nitrogens is 3. The second-order valence-corrected chi connectivity index (χ2v) is 6.66. The average molecular weight is 265 g/mol. The lowest BCUT2D eigenvalue weighted by Gasteiger charge is -2.27. The highest BCUT2D eigenvalue weighted by molar-refractivity contribution is 4.91. The molecule has 5 heteroatoms. The van der Waals surface area contributed by atoms with Gasteiger partial charge >= 0.3 is 0 Å². The maximum Gasteiger partial charge on any atom is 0.0964 e. The van der Waals surface area contributed by atoms with Gasteiger partial charge in [-0.1, -0.05) is 26.0 Å². The summed E-state index contributed by atoms with van der Waals surface area (Å²) < 4.78 is 1.96. The molecule has 1 unspecified atom stereocenters. The zero-order valence-electron chi connectivity index (χ0n) is 12.7. The van der Waals surface area contributed by atoms with Crippen LogP contribution in [0.2, 0.25) is 0 Å². The molecule has 1 atom stereocenters. The molecular formula is C14H27N5. The van der Waals surface area contributed by atoms with Crippen LogP contribution in [0.3, 0.4) is 0 Å². The molecule has 0 radical (unpaired) electrons. The molecule has 0 bridgehead atoms. The predicted octanol–water partition coefficient (Wildman–Crippen LogP) is 1.37. The van der Waals surface area contributed by atoms with Crippen LogP contribution in [0.15, 0.2) is 6.20 Å². The first-order valence-electron chi connectivity index (χ1n) is 7.25. The smallest absolute Gasteiger partial charge is 0.0964 e. The Balaban J connectivity index is 1.77. The summed E-state index contributed by atoms with van der Waals surface area (Å²) in [5, 5.41) is 11.4. The lowest BCUT2D eigenvalue weighted by molar-refractivity contribution is 0.225. The van der Waals surface area contributed by atoms with Crippen molar-refractivity contribution in [3.63, 3.8) is 0 Å². The predicted molar refractivity (Wildman–Crippen MR) is 76.8 cm³/mol. The van der Waals surface area contributed by atoms with E-state index in [1.165, 1.54) is 19.5 Å². The quantitative estimate of drug-likeness (QED) is 0.873. The van der Waals surface area contributed by atoms with Gasteiger partial charge in [0.05, 0.1) is 12.2 Å². The fourth-order valence-electron chi connectivity index (χ4n) is 2.70. The van der Waals surface area contributed by atoms with Crippen molar-refractivity contribution >= 4 is 0 Å². The zero-order valence-corrected chi connectivity index (χ0v) is 12.7. The second kappa shape index (κ2) is 6.01.